The van der Waals surface area contributed by atoms with Gasteiger partial charge in [0.1, 0.15) is 0 Å². The first-order valence-corrected chi connectivity index (χ1v) is 6.40. The first-order valence-electron chi connectivity index (χ1n) is 6.00. The number of hydrogen-bond donors (Lipinski definition) is 1. The molecule has 0 aliphatic rings. The first kappa shape index (κ1) is 14.4. The van der Waals surface area contributed by atoms with Crippen LogP contribution >= 0.6 is 12.2 Å². The van der Waals surface area contributed by atoms with E-state index in [0.29, 0.717) is 35.1 Å². The Labute approximate surface area is 121 Å². The average molecular weight is 293 g/mol. The number of hydrogen-bond acceptors (Lipinski definition) is 5. The summed E-state index contributed by atoms with van der Waals surface area (Å²) in [6.45, 7) is 1.01. The average Bonchev–Trinajstić information content (AvgIpc) is 2.45. The number of nitrogens with one attached hydrogen (secondary N) is 1. The summed E-state index contributed by atoms with van der Waals surface area (Å²) in [5.74, 6) is 0.443. The number of ether oxygens (including phenoxy) is 2. The van der Waals surface area contributed by atoms with E-state index in [2.05, 4.69) is 9.97 Å². The van der Waals surface area contributed by atoms with Gasteiger partial charge in [0, 0.05) is 25.9 Å². The van der Waals surface area contributed by atoms with Crippen molar-refractivity contribution in [3.05, 3.63) is 39.5 Å². The molecule has 0 saturated carbocycles. The van der Waals surface area contributed by atoms with Crippen molar-refractivity contribution in [2.24, 2.45) is 0 Å². The van der Waals surface area contributed by atoms with E-state index in [1.807, 2.05) is 6.07 Å². The maximum Gasteiger partial charge on any atom is 0.252 e. The molecule has 0 spiro atoms. The molecule has 0 fully saturated rings. The van der Waals surface area contributed by atoms with Gasteiger partial charge in [-0.25, -0.2) is 4.98 Å². The topological polar surface area (TPSA) is 69.1 Å². The van der Waals surface area contributed by atoms with Crippen molar-refractivity contribution in [1.82, 2.24) is 14.5 Å². The van der Waals surface area contributed by atoms with Gasteiger partial charge in [0.05, 0.1) is 25.0 Å². The highest BCUT2D eigenvalue weighted by molar-refractivity contribution is 7.71. The largest absolute Gasteiger partial charge is 0.481 e. The van der Waals surface area contributed by atoms with E-state index in [-0.39, 0.29) is 5.56 Å². The third kappa shape index (κ3) is 2.94. The Morgan fingerprint density at radius 3 is 2.95 bits per heavy atom. The molecule has 6 nitrogen and oxygen atoms in total. The van der Waals surface area contributed by atoms with Gasteiger partial charge in [0.25, 0.3) is 5.56 Å². The summed E-state index contributed by atoms with van der Waals surface area (Å²) in [7, 11) is 3.15. The molecule has 0 amide bonds. The number of pyridine rings is 1. The summed E-state index contributed by atoms with van der Waals surface area (Å²) in [6, 6.07) is 5.09. The van der Waals surface area contributed by atoms with Gasteiger partial charge in [0.15, 0.2) is 4.77 Å². The second kappa shape index (κ2) is 6.44. The highest BCUT2D eigenvalue weighted by atomic mass is 32.1. The Morgan fingerprint density at radius 1 is 1.45 bits per heavy atom. The Balaban J connectivity index is 2.65. The van der Waals surface area contributed by atoms with E-state index >= 15 is 0 Å². The fourth-order valence-corrected chi connectivity index (χ4v) is 2.19. The highest BCUT2D eigenvalue weighted by Crippen LogP contribution is 2.26. The zero-order valence-electron chi connectivity index (χ0n) is 11.3. The van der Waals surface area contributed by atoms with Crippen LogP contribution < -0.4 is 10.3 Å². The number of aromatic amines is 1. The van der Waals surface area contributed by atoms with Gasteiger partial charge in [-0.15, -0.1) is 0 Å². The van der Waals surface area contributed by atoms with E-state index in [0.717, 1.165) is 0 Å². The van der Waals surface area contributed by atoms with E-state index in [9.17, 15) is 4.79 Å². The lowest BCUT2D eigenvalue weighted by molar-refractivity contribution is 0.186. The summed E-state index contributed by atoms with van der Waals surface area (Å²) in [5.41, 5.74) is 1.11. The lowest BCUT2D eigenvalue weighted by Crippen LogP contribution is -2.17. The zero-order valence-corrected chi connectivity index (χ0v) is 12.1. The number of H-pyrrole nitrogens is 1. The van der Waals surface area contributed by atoms with Gasteiger partial charge in [-0.1, -0.05) is 0 Å². The quantitative estimate of drug-likeness (QED) is 0.848. The Kier molecular flexibility index (Phi) is 4.65. The molecular formula is C13H15N3O3S. The Morgan fingerprint density at radius 2 is 2.25 bits per heavy atom. The predicted molar refractivity (Wildman–Crippen MR) is 77.5 cm³/mol. The molecule has 0 aromatic carbocycles. The lowest BCUT2D eigenvalue weighted by atomic mass is 10.2. The van der Waals surface area contributed by atoms with Crippen LogP contribution in [0.15, 0.2) is 29.2 Å². The summed E-state index contributed by atoms with van der Waals surface area (Å²) in [6.07, 6.45) is 1.63. The molecule has 0 aliphatic carbocycles. The van der Waals surface area contributed by atoms with Gasteiger partial charge in [0.2, 0.25) is 5.88 Å². The molecule has 2 heterocycles. The number of rotatable bonds is 5. The molecule has 0 aliphatic heterocycles. The SMILES string of the molecule is COCCn1c(-c2cccnc2OC)cc(=O)[nH]c1=S. The molecule has 106 valence electrons. The van der Waals surface area contributed by atoms with Crippen molar-refractivity contribution in [3.8, 4) is 17.1 Å². The minimum Gasteiger partial charge on any atom is -0.481 e. The molecule has 0 unspecified atom stereocenters. The summed E-state index contributed by atoms with van der Waals surface area (Å²) < 4.78 is 12.4. The van der Waals surface area contributed by atoms with Crippen LogP contribution in [-0.4, -0.2) is 35.4 Å². The Bertz CT molecular complexity index is 708. The fraction of sp³-hybridized carbons (Fsp3) is 0.308. The third-order valence-electron chi connectivity index (χ3n) is 2.79. The van der Waals surface area contributed by atoms with Gasteiger partial charge in [-0.2, -0.15) is 0 Å². The number of methoxy groups -OCH3 is 2. The van der Waals surface area contributed by atoms with E-state index in [4.69, 9.17) is 21.7 Å². The lowest BCUT2D eigenvalue weighted by Gasteiger charge is -2.14. The molecule has 20 heavy (non-hydrogen) atoms. The van der Waals surface area contributed by atoms with Crippen LogP contribution in [0.3, 0.4) is 0 Å². The predicted octanol–water partition coefficient (Wildman–Crippen LogP) is 1.62. The van der Waals surface area contributed by atoms with Crippen molar-refractivity contribution < 1.29 is 9.47 Å². The second-order valence-corrected chi connectivity index (χ2v) is 4.42. The first-order chi connectivity index (χ1) is 9.67. The fourth-order valence-electron chi connectivity index (χ4n) is 1.90. The molecule has 0 radical (unpaired) electrons. The van der Waals surface area contributed by atoms with Crippen molar-refractivity contribution in [1.29, 1.82) is 0 Å². The van der Waals surface area contributed by atoms with Crippen LogP contribution in [-0.2, 0) is 11.3 Å². The summed E-state index contributed by atoms with van der Waals surface area (Å²) in [5, 5.41) is 0. The van der Waals surface area contributed by atoms with Crippen molar-refractivity contribution in [2.75, 3.05) is 20.8 Å². The van der Waals surface area contributed by atoms with E-state index < -0.39 is 0 Å². The normalized spacial score (nSPS) is 10.5. The minimum absolute atomic E-state index is 0.260. The standard InChI is InChI=1S/C13H15N3O3S/c1-18-7-6-16-10(8-11(17)15-13(16)20)9-4-3-5-14-12(9)19-2/h3-5,8H,6-7H2,1-2H3,(H,15,17,20). The smallest absolute Gasteiger partial charge is 0.252 e. The molecule has 0 bridgehead atoms. The molecular weight excluding hydrogens is 278 g/mol. The third-order valence-corrected chi connectivity index (χ3v) is 3.12. The van der Waals surface area contributed by atoms with Crippen LogP contribution in [0, 0.1) is 4.77 Å². The van der Waals surface area contributed by atoms with Crippen molar-refractivity contribution in [2.45, 2.75) is 6.54 Å². The maximum absolute atomic E-state index is 11.7. The van der Waals surface area contributed by atoms with Crippen LogP contribution in [0.1, 0.15) is 0 Å². The molecule has 2 rings (SSSR count). The van der Waals surface area contributed by atoms with Crippen LogP contribution in [0.4, 0.5) is 0 Å². The number of nitrogens with zero attached hydrogens (tertiary/aromatic N) is 2. The molecule has 0 saturated heterocycles. The highest BCUT2D eigenvalue weighted by Gasteiger charge is 2.12. The molecule has 0 atom stereocenters. The Hall–Kier alpha value is -1.99. The van der Waals surface area contributed by atoms with Crippen molar-refractivity contribution in [3.63, 3.8) is 0 Å². The molecule has 2 aromatic rings. The van der Waals surface area contributed by atoms with Crippen molar-refractivity contribution >= 4 is 12.2 Å². The van der Waals surface area contributed by atoms with Crippen LogP contribution in [0.2, 0.25) is 0 Å². The van der Waals surface area contributed by atoms with Gasteiger partial charge in [-0.3, -0.25) is 9.78 Å². The van der Waals surface area contributed by atoms with Crippen LogP contribution in [0.5, 0.6) is 5.88 Å². The maximum atomic E-state index is 11.7. The minimum atomic E-state index is -0.260. The zero-order chi connectivity index (χ0) is 14.5. The second-order valence-electron chi connectivity index (χ2n) is 4.03. The van der Waals surface area contributed by atoms with Gasteiger partial charge >= 0.3 is 0 Å². The van der Waals surface area contributed by atoms with E-state index in [1.54, 1.807) is 23.9 Å². The van der Waals surface area contributed by atoms with Gasteiger partial charge in [-0.05, 0) is 24.4 Å². The van der Waals surface area contributed by atoms with Gasteiger partial charge < -0.3 is 14.0 Å². The number of aromatic nitrogens is 3. The monoisotopic (exact) mass is 293 g/mol. The summed E-state index contributed by atoms with van der Waals surface area (Å²) in [4.78, 5) is 18.4. The van der Waals surface area contributed by atoms with Crippen LogP contribution in [0.25, 0.3) is 11.3 Å². The van der Waals surface area contributed by atoms with E-state index in [1.165, 1.54) is 13.2 Å². The molecule has 2 aromatic heterocycles. The molecule has 7 heteroatoms. The summed E-state index contributed by atoms with van der Waals surface area (Å²) >= 11 is 5.21. The molecule has 1 N–H and O–H groups in total.